The third-order valence-corrected chi connectivity index (χ3v) is 3.22. The maximum Gasteiger partial charge on any atom is 0.310 e. The summed E-state index contributed by atoms with van der Waals surface area (Å²) in [6.45, 7) is 0. The predicted molar refractivity (Wildman–Crippen MR) is 63.9 cm³/mol. The normalized spacial score (nSPS) is 10.5. The second-order valence-electron chi connectivity index (χ2n) is 3.32. The van der Waals surface area contributed by atoms with Gasteiger partial charge < -0.3 is 5.11 Å². The number of carboxylic acids is 1. The molecule has 0 aliphatic heterocycles. The van der Waals surface area contributed by atoms with Gasteiger partial charge in [0.25, 0.3) is 0 Å². The molecule has 88 valence electrons. The van der Waals surface area contributed by atoms with E-state index in [1.807, 2.05) is 0 Å². The summed E-state index contributed by atoms with van der Waals surface area (Å²) in [5.74, 6) is -1.35. The van der Waals surface area contributed by atoms with Gasteiger partial charge in [0, 0.05) is 10.9 Å². The van der Waals surface area contributed by atoms with Crippen LogP contribution in [0.1, 0.15) is 5.01 Å². The van der Waals surface area contributed by atoms with Crippen LogP contribution in [0.25, 0.3) is 11.3 Å². The van der Waals surface area contributed by atoms with Gasteiger partial charge in [0.15, 0.2) is 0 Å². The summed E-state index contributed by atoms with van der Waals surface area (Å²) < 4.78 is 12.9. The van der Waals surface area contributed by atoms with Gasteiger partial charge in [0.1, 0.15) is 10.8 Å². The van der Waals surface area contributed by atoms with Gasteiger partial charge in [0.05, 0.1) is 17.1 Å². The number of halogens is 2. The van der Waals surface area contributed by atoms with Crippen LogP contribution in [0, 0.1) is 5.82 Å². The van der Waals surface area contributed by atoms with Gasteiger partial charge in [0.2, 0.25) is 0 Å². The van der Waals surface area contributed by atoms with Gasteiger partial charge in [-0.2, -0.15) is 0 Å². The highest BCUT2D eigenvalue weighted by atomic mass is 35.5. The molecular weight excluding hydrogens is 265 g/mol. The van der Waals surface area contributed by atoms with E-state index >= 15 is 0 Å². The molecule has 6 heteroatoms. The molecule has 17 heavy (non-hydrogen) atoms. The fourth-order valence-electron chi connectivity index (χ4n) is 1.34. The van der Waals surface area contributed by atoms with Crippen molar-refractivity contribution in [2.24, 2.45) is 0 Å². The topological polar surface area (TPSA) is 50.2 Å². The third-order valence-electron chi connectivity index (χ3n) is 2.06. The molecule has 0 bridgehead atoms. The van der Waals surface area contributed by atoms with E-state index in [1.54, 1.807) is 5.38 Å². The van der Waals surface area contributed by atoms with Crippen molar-refractivity contribution in [1.29, 1.82) is 0 Å². The van der Waals surface area contributed by atoms with Crippen LogP contribution in [0.15, 0.2) is 23.6 Å². The lowest BCUT2D eigenvalue weighted by molar-refractivity contribution is -0.136. The molecule has 3 nitrogen and oxygen atoms in total. The monoisotopic (exact) mass is 271 g/mol. The van der Waals surface area contributed by atoms with Gasteiger partial charge in [-0.05, 0) is 18.2 Å². The zero-order valence-corrected chi connectivity index (χ0v) is 10.1. The highest BCUT2D eigenvalue weighted by Gasteiger charge is 2.10. The smallest absolute Gasteiger partial charge is 0.310 e. The number of rotatable bonds is 3. The summed E-state index contributed by atoms with van der Waals surface area (Å²) in [6.07, 6.45) is -0.122. The Morgan fingerprint density at radius 3 is 2.94 bits per heavy atom. The molecule has 1 aromatic carbocycles. The molecule has 1 N–H and O–H groups in total. The second kappa shape index (κ2) is 4.81. The second-order valence-corrected chi connectivity index (χ2v) is 4.67. The van der Waals surface area contributed by atoms with Crippen LogP contribution in [0.5, 0.6) is 0 Å². The van der Waals surface area contributed by atoms with Gasteiger partial charge in [-0.3, -0.25) is 4.79 Å². The molecule has 1 heterocycles. The molecule has 0 saturated heterocycles. The lowest BCUT2D eigenvalue weighted by atomic mass is 10.2. The first kappa shape index (κ1) is 12.0. The molecule has 0 unspecified atom stereocenters. The van der Waals surface area contributed by atoms with E-state index in [-0.39, 0.29) is 11.4 Å². The average molecular weight is 272 g/mol. The van der Waals surface area contributed by atoms with Crippen LogP contribution in [0.2, 0.25) is 5.02 Å². The van der Waals surface area contributed by atoms with E-state index in [0.717, 1.165) is 0 Å². The molecule has 0 atom stereocenters. The summed E-state index contributed by atoms with van der Waals surface area (Å²) in [5, 5.41) is 11.1. The molecule has 0 spiro atoms. The first-order valence-electron chi connectivity index (χ1n) is 4.68. The lowest BCUT2D eigenvalue weighted by Gasteiger charge is -1.99. The summed E-state index contributed by atoms with van der Waals surface area (Å²) in [6, 6.07) is 4.02. The van der Waals surface area contributed by atoms with Crippen molar-refractivity contribution in [3.05, 3.63) is 39.4 Å². The Kier molecular flexibility index (Phi) is 3.40. The minimum atomic E-state index is -0.934. The quantitative estimate of drug-likeness (QED) is 0.932. The maximum atomic E-state index is 12.9. The van der Waals surface area contributed by atoms with Crippen LogP contribution >= 0.6 is 22.9 Å². The molecular formula is C11H7ClFNO2S. The lowest BCUT2D eigenvalue weighted by Crippen LogP contribution is -1.99. The van der Waals surface area contributed by atoms with E-state index in [9.17, 15) is 9.18 Å². The number of hydrogen-bond donors (Lipinski definition) is 1. The van der Waals surface area contributed by atoms with Crippen molar-refractivity contribution < 1.29 is 14.3 Å². The Labute approximate surface area is 106 Å². The molecule has 0 aliphatic carbocycles. The van der Waals surface area contributed by atoms with E-state index in [1.165, 1.54) is 29.5 Å². The number of hydrogen-bond acceptors (Lipinski definition) is 3. The Morgan fingerprint density at radius 2 is 2.29 bits per heavy atom. The molecule has 2 rings (SSSR count). The largest absolute Gasteiger partial charge is 0.481 e. The van der Waals surface area contributed by atoms with Gasteiger partial charge in [-0.25, -0.2) is 9.37 Å². The molecule has 0 amide bonds. The molecule has 0 aliphatic rings. The number of benzene rings is 1. The minimum Gasteiger partial charge on any atom is -0.481 e. The van der Waals surface area contributed by atoms with Crippen LogP contribution in [-0.2, 0) is 11.2 Å². The Bertz CT molecular complexity index is 570. The summed E-state index contributed by atoms with van der Waals surface area (Å²) in [4.78, 5) is 14.7. The van der Waals surface area contributed by atoms with Crippen molar-refractivity contribution in [2.75, 3.05) is 0 Å². The van der Waals surface area contributed by atoms with Crippen molar-refractivity contribution >= 4 is 28.9 Å². The van der Waals surface area contributed by atoms with Crippen molar-refractivity contribution in [2.45, 2.75) is 6.42 Å². The number of aromatic nitrogens is 1. The zero-order valence-electron chi connectivity index (χ0n) is 8.48. The third kappa shape index (κ3) is 2.81. The van der Waals surface area contributed by atoms with Gasteiger partial charge in [-0.1, -0.05) is 11.6 Å². The van der Waals surface area contributed by atoms with Crippen molar-refractivity contribution in [3.63, 3.8) is 0 Å². The maximum absolute atomic E-state index is 12.9. The highest BCUT2D eigenvalue weighted by molar-refractivity contribution is 7.10. The van der Waals surface area contributed by atoms with Crippen molar-refractivity contribution in [1.82, 2.24) is 4.98 Å². The standard InChI is InChI=1S/C11H7ClFNO2S/c12-8-3-6(13)1-2-7(8)9-5-17-10(14-9)4-11(15)16/h1-3,5H,4H2,(H,15,16). The van der Waals surface area contributed by atoms with Crippen LogP contribution in [-0.4, -0.2) is 16.1 Å². The highest BCUT2D eigenvalue weighted by Crippen LogP contribution is 2.29. The summed E-state index contributed by atoms with van der Waals surface area (Å²) in [5.41, 5.74) is 1.16. The van der Waals surface area contributed by atoms with Crippen LogP contribution < -0.4 is 0 Å². The Hall–Kier alpha value is -1.46. The Morgan fingerprint density at radius 1 is 1.53 bits per heavy atom. The fourth-order valence-corrected chi connectivity index (χ4v) is 2.39. The first-order valence-corrected chi connectivity index (χ1v) is 5.93. The van der Waals surface area contributed by atoms with Gasteiger partial charge >= 0.3 is 5.97 Å². The van der Waals surface area contributed by atoms with E-state index < -0.39 is 11.8 Å². The minimum absolute atomic E-state index is 0.122. The van der Waals surface area contributed by atoms with Crippen molar-refractivity contribution in [3.8, 4) is 11.3 Å². The molecule has 0 saturated carbocycles. The first-order chi connectivity index (χ1) is 8.06. The number of nitrogens with zero attached hydrogens (tertiary/aromatic N) is 1. The molecule has 0 fully saturated rings. The summed E-state index contributed by atoms with van der Waals surface area (Å²) >= 11 is 7.13. The molecule has 1 aromatic heterocycles. The van der Waals surface area contributed by atoms with Gasteiger partial charge in [-0.15, -0.1) is 11.3 Å². The molecule has 0 radical (unpaired) electrons. The van der Waals surface area contributed by atoms with E-state index in [0.29, 0.717) is 16.3 Å². The predicted octanol–water partition coefficient (Wildman–Crippen LogP) is 3.23. The summed E-state index contributed by atoms with van der Waals surface area (Å²) in [7, 11) is 0. The SMILES string of the molecule is O=C(O)Cc1nc(-c2ccc(F)cc2Cl)cs1. The Balaban J connectivity index is 2.33. The van der Waals surface area contributed by atoms with E-state index in [2.05, 4.69) is 4.98 Å². The number of thiazole rings is 1. The fraction of sp³-hybridized carbons (Fsp3) is 0.0909. The zero-order chi connectivity index (χ0) is 12.4. The number of aliphatic carboxylic acids is 1. The van der Waals surface area contributed by atoms with Crippen LogP contribution in [0.3, 0.4) is 0 Å². The number of carboxylic acid groups (broad SMARTS) is 1. The van der Waals surface area contributed by atoms with Crippen LogP contribution in [0.4, 0.5) is 4.39 Å². The average Bonchev–Trinajstić information content (AvgIpc) is 2.65. The molecule has 2 aromatic rings. The van der Waals surface area contributed by atoms with E-state index in [4.69, 9.17) is 16.7 Å². The number of carbonyl (C=O) groups is 1.